The molecule has 1 aromatic carbocycles. The molecule has 1 N–H and O–H groups in total. The van der Waals surface area contributed by atoms with Crippen molar-refractivity contribution in [2.45, 2.75) is 18.9 Å². The number of aromatic hydroxyl groups is 1. The summed E-state index contributed by atoms with van der Waals surface area (Å²) in [6, 6.07) is 4.67. The van der Waals surface area contributed by atoms with Crippen molar-refractivity contribution in [3.8, 4) is 16.9 Å². The monoisotopic (exact) mass is 262 g/mol. The molecule has 0 bridgehead atoms. The predicted molar refractivity (Wildman–Crippen MR) is 68.4 cm³/mol. The van der Waals surface area contributed by atoms with Gasteiger partial charge < -0.3 is 9.84 Å². The molecule has 2 heterocycles. The van der Waals surface area contributed by atoms with Crippen LogP contribution in [-0.4, -0.2) is 28.1 Å². The van der Waals surface area contributed by atoms with Gasteiger partial charge in [0, 0.05) is 25.0 Å². The first-order valence-electron chi connectivity index (χ1n) is 6.35. The molecule has 4 nitrogen and oxygen atoms in total. The Morgan fingerprint density at radius 1 is 1.26 bits per heavy atom. The molecule has 1 saturated heterocycles. The number of hydrogen-bond acceptors (Lipinski definition) is 3. The summed E-state index contributed by atoms with van der Waals surface area (Å²) in [6.07, 6.45) is 5.58. The van der Waals surface area contributed by atoms with Crippen LogP contribution in [0.1, 0.15) is 18.9 Å². The van der Waals surface area contributed by atoms with Crippen LogP contribution in [0.4, 0.5) is 4.39 Å². The standard InChI is InChI=1S/C14H15FN2O2/c15-13-2-1-10(7-14(13)18)11-8-16-17(9-11)12-3-5-19-6-4-12/h1-2,7-9,12,18H,3-6H2. The Morgan fingerprint density at radius 3 is 2.79 bits per heavy atom. The highest BCUT2D eigenvalue weighted by atomic mass is 19.1. The lowest BCUT2D eigenvalue weighted by atomic mass is 10.1. The van der Waals surface area contributed by atoms with E-state index in [4.69, 9.17) is 4.74 Å². The molecule has 0 amide bonds. The maximum Gasteiger partial charge on any atom is 0.164 e. The van der Waals surface area contributed by atoms with Crippen molar-refractivity contribution in [3.05, 3.63) is 36.4 Å². The smallest absolute Gasteiger partial charge is 0.164 e. The van der Waals surface area contributed by atoms with Gasteiger partial charge in [-0.2, -0.15) is 5.10 Å². The van der Waals surface area contributed by atoms with Gasteiger partial charge in [0.05, 0.1) is 12.2 Å². The van der Waals surface area contributed by atoms with Crippen LogP contribution in [0.25, 0.3) is 11.1 Å². The van der Waals surface area contributed by atoms with Gasteiger partial charge in [0.25, 0.3) is 0 Å². The van der Waals surface area contributed by atoms with Crippen LogP contribution in [0.3, 0.4) is 0 Å². The lowest BCUT2D eigenvalue weighted by molar-refractivity contribution is 0.0662. The molecule has 0 unspecified atom stereocenters. The van der Waals surface area contributed by atoms with Crippen LogP contribution < -0.4 is 0 Å². The molecule has 1 fully saturated rings. The zero-order valence-corrected chi connectivity index (χ0v) is 10.4. The summed E-state index contributed by atoms with van der Waals surface area (Å²) < 4.78 is 20.3. The Morgan fingerprint density at radius 2 is 2.05 bits per heavy atom. The van der Waals surface area contributed by atoms with Crippen LogP contribution in [0.15, 0.2) is 30.6 Å². The van der Waals surface area contributed by atoms with E-state index in [0.29, 0.717) is 6.04 Å². The number of halogens is 1. The molecule has 0 aliphatic carbocycles. The van der Waals surface area contributed by atoms with Gasteiger partial charge in [-0.25, -0.2) is 4.39 Å². The van der Waals surface area contributed by atoms with Crippen LogP contribution in [0, 0.1) is 5.82 Å². The number of hydrogen-bond donors (Lipinski definition) is 1. The van der Waals surface area contributed by atoms with Crippen LogP contribution in [0.2, 0.25) is 0 Å². The Bertz CT molecular complexity index is 577. The van der Waals surface area contributed by atoms with Crippen molar-refractivity contribution < 1.29 is 14.2 Å². The van der Waals surface area contributed by atoms with Crippen LogP contribution in [0.5, 0.6) is 5.75 Å². The van der Waals surface area contributed by atoms with Crippen molar-refractivity contribution in [2.24, 2.45) is 0 Å². The fourth-order valence-corrected chi connectivity index (χ4v) is 2.33. The molecule has 0 atom stereocenters. The second-order valence-electron chi connectivity index (χ2n) is 4.72. The molecule has 0 saturated carbocycles. The van der Waals surface area contributed by atoms with E-state index in [-0.39, 0.29) is 5.75 Å². The largest absolute Gasteiger partial charge is 0.505 e. The second kappa shape index (κ2) is 5.01. The van der Waals surface area contributed by atoms with E-state index in [1.807, 2.05) is 10.9 Å². The summed E-state index contributed by atoms with van der Waals surface area (Å²) >= 11 is 0. The number of aromatic nitrogens is 2. The lowest BCUT2D eigenvalue weighted by Crippen LogP contribution is -2.19. The van der Waals surface area contributed by atoms with Gasteiger partial charge in [-0.05, 0) is 30.5 Å². The first-order valence-corrected chi connectivity index (χ1v) is 6.35. The topological polar surface area (TPSA) is 47.3 Å². The summed E-state index contributed by atoms with van der Waals surface area (Å²) in [6.45, 7) is 1.52. The molecule has 2 aromatic rings. The third-order valence-corrected chi connectivity index (χ3v) is 3.45. The average Bonchev–Trinajstić information content (AvgIpc) is 2.93. The average molecular weight is 262 g/mol. The molecule has 1 aliphatic heterocycles. The summed E-state index contributed by atoms with van der Waals surface area (Å²) in [7, 11) is 0. The quantitative estimate of drug-likeness (QED) is 0.905. The minimum atomic E-state index is -0.611. The van der Waals surface area contributed by atoms with Crippen molar-refractivity contribution in [1.29, 1.82) is 0 Å². The normalized spacial score (nSPS) is 16.7. The van der Waals surface area contributed by atoms with E-state index < -0.39 is 5.82 Å². The summed E-state index contributed by atoms with van der Waals surface area (Å²) in [4.78, 5) is 0. The molecular weight excluding hydrogens is 247 g/mol. The zero-order chi connectivity index (χ0) is 13.2. The second-order valence-corrected chi connectivity index (χ2v) is 4.72. The fraction of sp³-hybridized carbons (Fsp3) is 0.357. The number of phenols is 1. The predicted octanol–water partition coefficient (Wildman–Crippen LogP) is 2.75. The molecule has 0 spiro atoms. The molecule has 19 heavy (non-hydrogen) atoms. The summed E-state index contributed by atoms with van der Waals surface area (Å²) in [5.41, 5.74) is 1.64. The minimum Gasteiger partial charge on any atom is -0.505 e. The van der Waals surface area contributed by atoms with Crippen molar-refractivity contribution >= 4 is 0 Å². The van der Waals surface area contributed by atoms with Gasteiger partial charge in [0.2, 0.25) is 0 Å². The Hall–Kier alpha value is -1.88. The highest BCUT2D eigenvalue weighted by Gasteiger charge is 2.17. The zero-order valence-electron chi connectivity index (χ0n) is 10.4. The Labute approximate surface area is 110 Å². The van der Waals surface area contributed by atoms with E-state index in [9.17, 15) is 9.50 Å². The highest BCUT2D eigenvalue weighted by Crippen LogP contribution is 2.27. The third kappa shape index (κ3) is 2.46. The van der Waals surface area contributed by atoms with Gasteiger partial charge in [0.1, 0.15) is 0 Å². The summed E-state index contributed by atoms with van der Waals surface area (Å²) in [5.74, 6) is -0.947. The minimum absolute atomic E-state index is 0.337. The first-order chi connectivity index (χ1) is 9.24. The fourth-order valence-electron chi connectivity index (χ4n) is 2.33. The first kappa shape index (κ1) is 12.2. The van der Waals surface area contributed by atoms with Gasteiger partial charge in [0.15, 0.2) is 11.6 Å². The van der Waals surface area contributed by atoms with Gasteiger partial charge in [-0.3, -0.25) is 4.68 Å². The molecule has 100 valence electrons. The van der Waals surface area contributed by atoms with Gasteiger partial charge in [-0.15, -0.1) is 0 Å². The molecule has 3 rings (SSSR count). The van der Waals surface area contributed by atoms with Crippen molar-refractivity contribution in [1.82, 2.24) is 9.78 Å². The van der Waals surface area contributed by atoms with E-state index >= 15 is 0 Å². The molecule has 0 radical (unpaired) electrons. The number of benzene rings is 1. The van der Waals surface area contributed by atoms with Gasteiger partial charge >= 0.3 is 0 Å². The molecule has 1 aliphatic rings. The van der Waals surface area contributed by atoms with E-state index in [2.05, 4.69) is 5.10 Å². The van der Waals surface area contributed by atoms with Gasteiger partial charge in [-0.1, -0.05) is 6.07 Å². The maximum absolute atomic E-state index is 13.0. The van der Waals surface area contributed by atoms with E-state index in [1.54, 1.807) is 12.3 Å². The van der Waals surface area contributed by atoms with Crippen molar-refractivity contribution in [3.63, 3.8) is 0 Å². The Balaban J connectivity index is 1.85. The SMILES string of the molecule is Oc1cc(-c2cnn(C3CCOCC3)c2)ccc1F. The van der Waals surface area contributed by atoms with Crippen LogP contribution >= 0.6 is 0 Å². The summed E-state index contributed by atoms with van der Waals surface area (Å²) in [5, 5.41) is 13.8. The maximum atomic E-state index is 13.0. The number of phenolic OH excluding ortho intramolecular Hbond substituents is 1. The van der Waals surface area contributed by atoms with Crippen LogP contribution in [-0.2, 0) is 4.74 Å². The van der Waals surface area contributed by atoms with E-state index in [0.717, 1.165) is 37.2 Å². The Kier molecular flexibility index (Phi) is 3.21. The number of nitrogens with zero attached hydrogens (tertiary/aromatic N) is 2. The molecule has 5 heteroatoms. The molecular formula is C14H15FN2O2. The lowest BCUT2D eigenvalue weighted by Gasteiger charge is -2.22. The van der Waals surface area contributed by atoms with Crippen molar-refractivity contribution in [2.75, 3.05) is 13.2 Å². The number of ether oxygens (including phenoxy) is 1. The van der Waals surface area contributed by atoms with E-state index in [1.165, 1.54) is 12.1 Å². The number of rotatable bonds is 2. The highest BCUT2D eigenvalue weighted by molar-refractivity contribution is 5.63. The third-order valence-electron chi connectivity index (χ3n) is 3.45. The molecule has 1 aromatic heterocycles.